The summed E-state index contributed by atoms with van der Waals surface area (Å²) in [6, 6.07) is 23.8. The van der Waals surface area contributed by atoms with Crippen LogP contribution in [0.25, 0.3) is 10.8 Å². The van der Waals surface area contributed by atoms with E-state index in [0.717, 1.165) is 21.9 Å². The molecule has 1 aliphatic carbocycles. The van der Waals surface area contributed by atoms with Crippen molar-refractivity contribution >= 4 is 22.3 Å². The topological polar surface area (TPSA) is 61.1 Å². The van der Waals surface area contributed by atoms with Gasteiger partial charge in [-0.3, -0.25) is 4.79 Å². The van der Waals surface area contributed by atoms with Crippen molar-refractivity contribution in [3.05, 3.63) is 95.3 Å². The number of fused-ring (bicyclic) bond motifs is 1. The highest BCUT2D eigenvalue weighted by Crippen LogP contribution is 2.34. The average molecular weight is 355 g/mol. The SMILES string of the molecule is N=C(Cc1cccc2ccccc12)C1=C(O)CC(c2ccccc2)CC1=O. The summed E-state index contributed by atoms with van der Waals surface area (Å²) in [6.07, 6.45) is 1.08. The molecule has 0 spiro atoms. The van der Waals surface area contributed by atoms with Crippen LogP contribution in [0.1, 0.15) is 29.9 Å². The lowest BCUT2D eigenvalue weighted by atomic mass is 9.80. The number of ketones is 1. The number of hydrogen-bond donors (Lipinski definition) is 2. The lowest BCUT2D eigenvalue weighted by molar-refractivity contribution is -0.116. The van der Waals surface area contributed by atoms with Gasteiger partial charge in [0.1, 0.15) is 5.76 Å². The van der Waals surface area contributed by atoms with Gasteiger partial charge >= 0.3 is 0 Å². The number of carbonyl (C=O) groups excluding carboxylic acids is 1. The van der Waals surface area contributed by atoms with E-state index >= 15 is 0 Å². The van der Waals surface area contributed by atoms with Crippen LogP contribution in [0.2, 0.25) is 0 Å². The second-order valence-corrected chi connectivity index (χ2v) is 7.05. The number of rotatable bonds is 4. The number of Topliss-reactive ketones (excluding diaryl/α,β-unsaturated/α-hetero) is 1. The third-order valence-electron chi connectivity index (χ3n) is 5.26. The predicted octanol–water partition coefficient (Wildman–Crippen LogP) is 5.36. The fourth-order valence-corrected chi connectivity index (χ4v) is 3.92. The summed E-state index contributed by atoms with van der Waals surface area (Å²) < 4.78 is 0. The molecule has 0 aromatic heterocycles. The summed E-state index contributed by atoms with van der Waals surface area (Å²) in [5.74, 6) is -0.115. The molecular weight excluding hydrogens is 334 g/mol. The molecule has 3 nitrogen and oxygen atoms in total. The van der Waals surface area contributed by atoms with Crippen LogP contribution in [0, 0.1) is 5.41 Å². The molecule has 3 heteroatoms. The average Bonchev–Trinajstić information content (AvgIpc) is 2.68. The summed E-state index contributed by atoms with van der Waals surface area (Å²) in [6.45, 7) is 0. The van der Waals surface area contributed by atoms with Crippen molar-refractivity contribution in [2.75, 3.05) is 0 Å². The Bertz CT molecular complexity index is 1040. The van der Waals surface area contributed by atoms with E-state index in [0.29, 0.717) is 19.3 Å². The molecule has 0 aliphatic heterocycles. The van der Waals surface area contributed by atoms with E-state index in [9.17, 15) is 9.90 Å². The maximum absolute atomic E-state index is 12.7. The first-order chi connectivity index (χ1) is 13.1. The van der Waals surface area contributed by atoms with Gasteiger partial charge in [0.15, 0.2) is 5.78 Å². The van der Waals surface area contributed by atoms with E-state index in [4.69, 9.17) is 5.41 Å². The Hall–Kier alpha value is -3.20. The molecule has 1 atom stereocenters. The molecule has 1 unspecified atom stereocenters. The third kappa shape index (κ3) is 3.41. The van der Waals surface area contributed by atoms with Crippen LogP contribution < -0.4 is 0 Å². The van der Waals surface area contributed by atoms with Gasteiger partial charge in [-0.25, -0.2) is 0 Å². The molecular formula is C24H21NO2. The van der Waals surface area contributed by atoms with Gasteiger partial charge in [-0.05, 0) is 27.8 Å². The summed E-state index contributed by atoms with van der Waals surface area (Å²) in [4.78, 5) is 12.7. The number of allylic oxidation sites excluding steroid dienone is 2. The van der Waals surface area contributed by atoms with Crippen LogP contribution in [0.4, 0.5) is 0 Å². The normalized spacial score (nSPS) is 17.3. The minimum atomic E-state index is -0.141. The number of carbonyl (C=O) groups is 1. The van der Waals surface area contributed by atoms with Gasteiger partial charge in [-0.2, -0.15) is 0 Å². The first kappa shape index (κ1) is 17.2. The zero-order valence-corrected chi connectivity index (χ0v) is 15.0. The highest BCUT2D eigenvalue weighted by Gasteiger charge is 2.30. The summed E-state index contributed by atoms with van der Waals surface area (Å²) >= 11 is 0. The van der Waals surface area contributed by atoms with Crippen LogP contribution in [-0.4, -0.2) is 16.6 Å². The summed E-state index contributed by atoms with van der Waals surface area (Å²) in [5, 5.41) is 21.2. The zero-order valence-electron chi connectivity index (χ0n) is 15.0. The van der Waals surface area contributed by atoms with Crippen molar-refractivity contribution in [1.82, 2.24) is 0 Å². The molecule has 3 aromatic rings. The third-order valence-corrected chi connectivity index (χ3v) is 5.26. The largest absolute Gasteiger partial charge is 0.511 e. The molecule has 0 amide bonds. The van der Waals surface area contributed by atoms with Crippen LogP contribution in [-0.2, 0) is 11.2 Å². The highest BCUT2D eigenvalue weighted by molar-refractivity contribution is 6.23. The predicted molar refractivity (Wildman–Crippen MR) is 108 cm³/mol. The number of hydrogen-bond acceptors (Lipinski definition) is 3. The standard InChI is InChI=1S/C24H21NO2/c25-21(13-18-11-6-10-17-9-4-5-12-20(17)18)24-22(26)14-19(15-23(24)27)16-7-2-1-3-8-16/h1-12,19,25-26H,13-15H2. The molecule has 0 saturated carbocycles. The van der Waals surface area contributed by atoms with Crippen molar-refractivity contribution in [3.8, 4) is 0 Å². The molecule has 0 saturated heterocycles. The van der Waals surface area contributed by atoms with Crippen LogP contribution >= 0.6 is 0 Å². The lowest BCUT2D eigenvalue weighted by Gasteiger charge is -2.24. The van der Waals surface area contributed by atoms with Gasteiger partial charge in [0.05, 0.1) is 5.57 Å². The van der Waals surface area contributed by atoms with Crippen LogP contribution in [0.5, 0.6) is 0 Å². The van der Waals surface area contributed by atoms with Gasteiger partial charge in [0.25, 0.3) is 0 Å². The second-order valence-electron chi connectivity index (χ2n) is 7.05. The van der Waals surface area contributed by atoms with E-state index < -0.39 is 0 Å². The Morgan fingerprint density at radius 3 is 2.41 bits per heavy atom. The smallest absolute Gasteiger partial charge is 0.168 e. The molecule has 1 aliphatic rings. The van der Waals surface area contributed by atoms with Gasteiger partial charge in [0, 0.05) is 25.0 Å². The van der Waals surface area contributed by atoms with E-state index in [1.807, 2.05) is 72.8 Å². The van der Waals surface area contributed by atoms with Crippen molar-refractivity contribution in [2.24, 2.45) is 0 Å². The lowest BCUT2D eigenvalue weighted by Crippen LogP contribution is -2.24. The Morgan fingerprint density at radius 2 is 1.63 bits per heavy atom. The van der Waals surface area contributed by atoms with E-state index in [1.54, 1.807) is 0 Å². The summed E-state index contributed by atoms with van der Waals surface area (Å²) in [7, 11) is 0. The quantitative estimate of drug-likeness (QED) is 0.619. The van der Waals surface area contributed by atoms with Gasteiger partial charge in [-0.15, -0.1) is 0 Å². The molecule has 2 N–H and O–H groups in total. The Labute approximate surface area is 158 Å². The van der Waals surface area contributed by atoms with Gasteiger partial charge < -0.3 is 10.5 Å². The van der Waals surface area contributed by atoms with E-state index in [2.05, 4.69) is 0 Å². The van der Waals surface area contributed by atoms with E-state index in [-0.39, 0.29) is 28.7 Å². The summed E-state index contributed by atoms with van der Waals surface area (Å²) in [5.41, 5.74) is 2.45. The van der Waals surface area contributed by atoms with Crippen molar-refractivity contribution in [2.45, 2.75) is 25.2 Å². The van der Waals surface area contributed by atoms with E-state index in [1.165, 1.54) is 0 Å². The maximum Gasteiger partial charge on any atom is 0.168 e. The minimum absolute atomic E-state index is 0.0206. The first-order valence-corrected chi connectivity index (χ1v) is 9.18. The highest BCUT2D eigenvalue weighted by atomic mass is 16.3. The first-order valence-electron chi connectivity index (χ1n) is 9.18. The number of benzene rings is 3. The Kier molecular flexibility index (Phi) is 4.59. The van der Waals surface area contributed by atoms with Gasteiger partial charge in [-0.1, -0.05) is 72.8 Å². The Balaban J connectivity index is 1.60. The minimum Gasteiger partial charge on any atom is -0.511 e. The van der Waals surface area contributed by atoms with Crippen LogP contribution in [0.3, 0.4) is 0 Å². The Morgan fingerprint density at radius 1 is 0.926 bits per heavy atom. The molecule has 0 radical (unpaired) electrons. The zero-order chi connectivity index (χ0) is 18.8. The van der Waals surface area contributed by atoms with Gasteiger partial charge in [0.2, 0.25) is 0 Å². The second kappa shape index (κ2) is 7.20. The number of nitrogens with one attached hydrogen (secondary N) is 1. The molecule has 3 aromatic carbocycles. The molecule has 0 fully saturated rings. The molecule has 0 heterocycles. The number of aliphatic hydroxyl groups is 1. The van der Waals surface area contributed by atoms with Crippen molar-refractivity contribution < 1.29 is 9.90 Å². The molecule has 27 heavy (non-hydrogen) atoms. The monoisotopic (exact) mass is 355 g/mol. The molecule has 4 rings (SSSR count). The molecule has 134 valence electrons. The fraction of sp³-hybridized carbons (Fsp3) is 0.167. The molecule has 0 bridgehead atoms. The van der Waals surface area contributed by atoms with Crippen molar-refractivity contribution in [1.29, 1.82) is 5.41 Å². The van der Waals surface area contributed by atoms with Crippen LogP contribution in [0.15, 0.2) is 84.1 Å². The maximum atomic E-state index is 12.7. The fourth-order valence-electron chi connectivity index (χ4n) is 3.92. The number of aliphatic hydroxyl groups excluding tert-OH is 1. The van der Waals surface area contributed by atoms with Crippen molar-refractivity contribution in [3.63, 3.8) is 0 Å².